The van der Waals surface area contributed by atoms with Crippen molar-refractivity contribution in [3.63, 3.8) is 0 Å². The smallest absolute Gasteiger partial charge is 0.239 e. The van der Waals surface area contributed by atoms with Gasteiger partial charge in [-0.05, 0) is 41.0 Å². The average Bonchev–Trinajstić information content (AvgIpc) is 2.83. The van der Waals surface area contributed by atoms with E-state index in [4.69, 9.17) is 14.2 Å². The number of rotatable bonds is 11. The Kier molecular flexibility index (Phi) is 8.66. The van der Waals surface area contributed by atoms with Crippen LogP contribution in [0.4, 0.5) is 0 Å². The highest BCUT2D eigenvalue weighted by molar-refractivity contribution is 5.91. The first kappa shape index (κ1) is 24.1. The van der Waals surface area contributed by atoms with Crippen molar-refractivity contribution in [1.29, 1.82) is 0 Å². The van der Waals surface area contributed by atoms with E-state index in [2.05, 4.69) is 10.6 Å². The molecule has 0 fully saturated rings. The molecule has 3 aromatic rings. The van der Waals surface area contributed by atoms with E-state index in [0.29, 0.717) is 24.7 Å². The van der Waals surface area contributed by atoms with Gasteiger partial charge in [-0.15, -0.1) is 0 Å². The molecule has 0 aliphatic heterocycles. The van der Waals surface area contributed by atoms with Crippen molar-refractivity contribution in [3.8, 4) is 11.5 Å². The lowest BCUT2D eigenvalue weighted by Crippen LogP contribution is -2.38. The molecule has 1 unspecified atom stereocenters. The molecule has 174 valence electrons. The van der Waals surface area contributed by atoms with Crippen molar-refractivity contribution in [1.82, 2.24) is 10.6 Å². The summed E-state index contributed by atoms with van der Waals surface area (Å²) in [6, 6.07) is 19.0. The minimum Gasteiger partial charge on any atom is -0.493 e. The second-order valence-corrected chi connectivity index (χ2v) is 7.63. The Balaban J connectivity index is 1.52. The second kappa shape index (κ2) is 11.9. The molecule has 0 saturated heterocycles. The highest BCUT2D eigenvalue weighted by atomic mass is 16.5. The number of fused-ring (bicyclic) bond motifs is 1. The van der Waals surface area contributed by atoms with E-state index in [1.54, 1.807) is 20.3 Å². The van der Waals surface area contributed by atoms with E-state index >= 15 is 0 Å². The summed E-state index contributed by atoms with van der Waals surface area (Å²) in [5, 5.41) is 7.73. The zero-order chi connectivity index (χ0) is 23.6. The minimum absolute atomic E-state index is 0.0940. The highest BCUT2D eigenvalue weighted by Crippen LogP contribution is 2.30. The molecular weight excluding hydrogens is 420 g/mol. The van der Waals surface area contributed by atoms with E-state index in [-0.39, 0.29) is 30.8 Å². The molecule has 0 aliphatic rings. The van der Waals surface area contributed by atoms with Gasteiger partial charge in [-0.1, -0.05) is 48.5 Å². The Bertz CT molecular complexity index is 1090. The van der Waals surface area contributed by atoms with Gasteiger partial charge in [0.2, 0.25) is 11.8 Å². The summed E-state index contributed by atoms with van der Waals surface area (Å²) < 4.78 is 16.0. The predicted molar refractivity (Wildman–Crippen MR) is 128 cm³/mol. The van der Waals surface area contributed by atoms with Crippen LogP contribution in [-0.2, 0) is 20.7 Å². The van der Waals surface area contributed by atoms with Crippen LogP contribution in [0.1, 0.15) is 24.1 Å². The second-order valence-electron chi connectivity index (χ2n) is 7.63. The summed E-state index contributed by atoms with van der Waals surface area (Å²) >= 11 is 0. The maximum Gasteiger partial charge on any atom is 0.239 e. The van der Waals surface area contributed by atoms with Gasteiger partial charge in [0.25, 0.3) is 0 Å². The number of benzene rings is 3. The van der Waals surface area contributed by atoms with Gasteiger partial charge in [0.05, 0.1) is 32.7 Å². The van der Waals surface area contributed by atoms with Crippen LogP contribution >= 0.6 is 0 Å². The van der Waals surface area contributed by atoms with Gasteiger partial charge in [0.15, 0.2) is 11.5 Å². The van der Waals surface area contributed by atoms with Crippen LogP contribution in [0.3, 0.4) is 0 Å². The van der Waals surface area contributed by atoms with Gasteiger partial charge >= 0.3 is 0 Å². The summed E-state index contributed by atoms with van der Waals surface area (Å²) in [5.74, 6) is 0.715. The Hall–Kier alpha value is -3.58. The normalized spacial score (nSPS) is 11.6. The molecule has 0 spiro atoms. The largest absolute Gasteiger partial charge is 0.493 e. The van der Waals surface area contributed by atoms with Crippen molar-refractivity contribution in [3.05, 3.63) is 71.8 Å². The van der Waals surface area contributed by atoms with Gasteiger partial charge in [-0.3, -0.25) is 9.59 Å². The van der Waals surface area contributed by atoms with Crippen LogP contribution in [0.5, 0.6) is 11.5 Å². The minimum atomic E-state index is -0.270. The molecule has 7 nitrogen and oxygen atoms in total. The molecule has 0 saturated carbocycles. The molecule has 3 rings (SSSR count). The lowest BCUT2D eigenvalue weighted by atomic mass is 10.0. The molecule has 3 aromatic carbocycles. The molecule has 2 N–H and O–H groups in total. The van der Waals surface area contributed by atoms with Crippen LogP contribution in [-0.4, -0.2) is 45.8 Å². The first-order chi connectivity index (χ1) is 16.0. The van der Waals surface area contributed by atoms with Crippen LogP contribution < -0.4 is 20.1 Å². The highest BCUT2D eigenvalue weighted by Gasteiger charge is 2.14. The molecule has 0 bridgehead atoms. The summed E-state index contributed by atoms with van der Waals surface area (Å²) in [6.45, 7) is 2.67. The van der Waals surface area contributed by atoms with Crippen LogP contribution in [0.2, 0.25) is 0 Å². The Labute approximate surface area is 194 Å². The molecule has 0 aliphatic carbocycles. The van der Waals surface area contributed by atoms with E-state index < -0.39 is 0 Å². The first-order valence-corrected chi connectivity index (χ1v) is 10.8. The van der Waals surface area contributed by atoms with E-state index in [1.165, 1.54) is 0 Å². The zero-order valence-electron chi connectivity index (χ0n) is 19.2. The summed E-state index contributed by atoms with van der Waals surface area (Å²) in [7, 11) is 3.18. The van der Waals surface area contributed by atoms with Gasteiger partial charge in [-0.25, -0.2) is 0 Å². The van der Waals surface area contributed by atoms with Gasteiger partial charge in [0, 0.05) is 7.11 Å². The fraction of sp³-hybridized carbons (Fsp3) is 0.308. The fourth-order valence-corrected chi connectivity index (χ4v) is 3.54. The quantitative estimate of drug-likeness (QED) is 0.437. The van der Waals surface area contributed by atoms with Gasteiger partial charge < -0.3 is 24.8 Å². The summed E-state index contributed by atoms with van der Waals surface area (Å²) in [4.78, 5) is 24.8. The number of nitrogens with one attached hydrogen (secondary N) is 2. The Morgan fingerprint density at radius 1 is 0.909 bits per heavy atom. The molecule has 33 heavy (non-hydrogen) atoms. The van der Waals surface area contributed by atoms with E-state index in [1.807, 2.05) is 61.5 Å². The third-order valence-electron chi connectivity index (χ3n) is 5.29. The molecule has 0 aromatic heterocycles. The maximum atomic E-state index is 12.4. The molecular formula is C26H30N2O5. The maximum absolute atomic E-state index is 12.4. The van der Waals surface area contributed by atoms with Crippen molar-refractivity contribution in [2.45, 2.75) is 19.4 Å². The van der Waals surface area contributed by atoms with Crippen molar-refractivity contribution in [2.24, 2.45) is 0 Å². The van der Waals surface area contributed by atoms with E-state index in [0.717, 1.165) is 21.9 Å². The number of hydrogen-bond donors (Lipinski definition) is 2. The van der Waals surface area contributed by atoms with Gasteiger partial charge in [0.1, 0.15) is 6.61 Å². The predicted octanol–water partition coefficient (Wildman–Crippen LogP) is 3.41. The summed E-state index contributed by atoms with van der Waals surface area (Å²) in [6.07, 6.45) is 0.214. The third kappa shape index (κ3) is 6.70. The summed E-state index contributed by atoms with van der Waals surface area (Å²) in [5.41, 5.74) is 1.79. The number of carbonyl (C=O) groups is 2. The SMILES string of the molecule is COCCOc1ccc(C(C)NC(=O)CNC(=O)Cc2cccc3ccccc23)cc1OC. The molecule has 7 heteroatoms. The molecule has 1 atom stereocenters. The number of methoxy groups -OCH3 is 2. The Morgan fingerprint density at radius 3 is 2.48 bits per heavy atom. The molecule has 2 amide bonds. The third-order valence-corrected chi connectivity index (χ3v) is 5.29. The lowest BCUT2D eigenvalue weighted by Gasteiger charge is -2.17. The number of amides is 2. The van der Waals surface area contributed by atoms with Crippen molar-refractivity contribution < 1.29 is 23.8 Å². The zero-order valence-corrected chi connectivity index (χ0v) is 19.2. The van der Waals surface area contributed by atoms with E-state index in [9.17, 15) is 9.59 Å². The lowest BCUT2D eigenvalue weighted by molar-refractivity contribution is -0.126. The van der Waals surface area contributed by atoms with Gasteiger partial charge in [-0.2, -0.15) is 0 Å². The fourth-order valence-electron chi connectivity index (χ4n) is 3.54. The average molecular weight is 451 g/mol. The number of hydrogen-bond acceptors (Lipinski definition) is 5. The first-order valence-electron chi connectivity index (χ1n) is 10.8. The van der Waals surface area contributed by atoms with Crippen LogP contribution in [0.25, 0.3) is 10.8 Å². The molecule has 0 radical (unpaired) electrons. The Morgan fingerprint density at radius 2 is 1.70 bits per heavy atom. The van der Waals surface area contributed by atoms with Crippen LogP contribution in [0.15, 0.2) is 60.7 Å². The molecule has 0 heterocycles. The number of ether oxygens (including phenoxy) is 3. The van der Waals surface area contributed by atoms with Crippen LogP contribution in [0, 0.1) is 0 Å². The monoisotopic (exact) mass is 450 g/mol. The number of carbonyl (C=O) groups excluding carboxylic acids is 2. The topological polar surface area (TPSA) is 85.9 Å². The van der Waals surface area contributed by atoms with Crippen molar-refractivity contribution in [2.75, 3.05) is 34.0 Å². The van der Waals surface area contributed by atoms with Crippen molar-refractivity contribution >= 4 is 22.6 Å². The standard InChI is InChI=1S/C26H30N2O5/c1-18(20-11-12-23(24(15-20)32-3)33-14-13-31-2)28-26(30)17-27-25(29)16-21-9-6-8-19-7-4-5-10-22(19)21/h4-12,15,18H,13-14,16-17H2,1-3H3,(H,27,29)(H,28,30).